The molecule has 0 saturated carbocycles. The van der Waals surface area contributed by atoms with E-state index >= 15 is 0 Å². The van der Waals surface area contributed by atoms with Gasteiger partial charge in [0.15, 0.2) is 0 Å². The zero-order valence-corrected chi connectivity index (χ0v) is 10.7. The summed E-state index contributed by atoms with van der Waals surface area (Å²) in [4.78, 5) is 0. The molecular weight excluding hydrogens is 245 g/mol. The summed E-state index contributed by atoms with van der Waals surface area (Å²) >= 11 is 12.2. The fraction of sp³-hybridized carbons (Fsp3) is 0.500. The molecule has 1 heterocycles. The highest BCUT2D eigenvalue weighted by atomic mass is 35.5. The smallest absolute Gasteiger partial charge is 0.0748 e. The molecule has 0 amide bonds. The van der Waals surface area contributed by atoms with Crippen LogP contribution in [-0.4, -0.2) is 19.3 Å². The van der Waals surface area contributed by atoms with Gasteiger partial charge in [-0.2, -0.15) is 0 Å². The molecule has 2 nitrogen and oxygen atoms in total. The lowest BCUT2D eigenvalue weighted by Crippen LogP contribution is -2.18. The Morgan fingerprint density at radius 1 is 1.38 bits per heavy atom. The molecule has 0 radical (unpaired) electrons. The van der Waals surface area contributed by atoms with E-state index in [4.69, 9.17) is 27.9 Å². The van der Waals surface area contributed by atoms with Gasteiger partial charge in [0.2, 0.25) is 0 Å². The van der Waals surface area contributed by atoms with Gasteiger partial charge in [-0.25, -0.2) is 0 Å². The molecule has 1 aromatic rings. The SMILES string of the molecule is Cc1cc(Cl)c(NCC2CCCO2)cc1Cl. The number of hydrogen-bond acceptors (Lipinski definition) is 2. The summed E-state index contributed by atoms with van der Waals surface area (Å²) in [7, 11) is 0. The largest absolute Gasteiger partial charge is 0.381 e. The van der Waals surface area contributed by atoms with E-state index in [0.29, 0.717) is 11.1 Å². The molecule has 1 aliphatic rings. The van der Waals surface area contributed by atoms with Crippen LogP contribution in [-0.2, 0) is 4.74 Å². The molecule has 16 heavy (non-hydrogen) atoms. The predicted molar refractivity (Wildman–Crippen MR) is 68.7 cm³/mol. The maximum atomic E-state index is 6.12. The molecule has 2 rings (SSSR count). The number of rotatable bonds is 3. The second kappa shape index (κ2) is 5.26. The van der Waals surface area contributed by atoms with Gasteiger partial charge >= 0.3 is 0 Å². The van der Waals surface area contributed by atoms with Crippen molar-refractivity contribution in [2.24, 2.45) is 0 Å². The van der Waals surface area contributed by atoms with Gasteiger partial charge in [0.25, 0.3) is 0 Å². The van der Waals surface area contributed by atoms with Gasteiger partial charge in [-0.15, -0.1) is 0 Å². The third kappa shape index (κ3) is 2.82. The molecule has 1 aromatic carbocycles. The minimum absolute atomic E-state index is 0.302. The number of nitrogens with one attached hydrogen (secondary N) is 1. The molecule has 0 aliphatic carbocycles. The predicted octanol–water partition coefficient (Wildman–Crippen LogP) is 3.89. The van der Waals surface area contributed by atoms with Crippen molar-refractivity contribution in [1.82, 2.24) is 0 Å². The van der Waals surface area contributed by atoms with E-state index in [2.05, 4.69) is 5.32 Å². The number of anilines is 1. The van der Waals surface area contributed by atoms with Crippen LogP contribution < -0.4 is 5.32 Å². The van der Waals surface area contributed by atoms with Crippen LogP contribution in [0.5, 0.6) is 0 Å². The number of aryl methyl sites for hydroxylation is 1. The van der Waals surface area contributed by atoms with Crippen molar-refractivity contribution in [3.63, 3.8) is 0 Å². The quantitative estimate of drug-likeness (QED) is 0.890. The molecule has 1 N–H and O–H groups in total. The first-order valence-electron chi connectivity index (χ1n) is 5.48. The highest BCUT2D eigenvalue weighted by Gasteiger charge is 2.15. The fourth-order valence-electron chi connectivity index (χ4n) is 1.81. The van der Waals surface area contributed by atoms with E-state index in [0.717, 1.165) is 42.3 Å². The average Bonchev–Trinajstić information content (AvgIpc) is 2.74. The third-order valence-corrected chi connectivity index (χ3v) is 3.51. The summed E-state index contributed by atoms with van der Waals surface area (Å²) in [6, 6.07) is 3.75. The summed E-state index contributed by atoms with van der Waals surface area (Å²) in [6.45, 7) is 3.60. The van der Waals surface area contributed by atoms with Gasteiger partial charge in [0.05, 0.1) is 16.8 Å². The lowest BCUT2D eigenvalue weighted by Gasteiger charge is -2.14. The molecular formula is C12H15Cl2NO. The highest BCUT2D eigenvalue weighted by molar-refractivity contribution is 6.35. The van der Waals surface area contributed by atoms with Crippen LogP contribution in [0.3, 0.4) is 0 Å². The van der Waals surface area contributed by atoms with Crippen LogP contribution in [0.15, 0.2) is 12.1 Å². The molecule has 1 aliphatic heterocycles. The first-order valence-corrected chi connectivity index (χ1v) is 6.23. The van der Waals surface area contributed by atoms with Crippen LogP contribution in [0.4, 0.5) is 5.69 Å². The molecule has 88 valence electrons. The minimum atomic E-state index is 0.302. The summed E-state index contributed by atoms with van der Waals surface area (Å²) < 4.78 is 5.53. The van der Waals surface area contributed by atoms with Crippen molar-refractivity contribution in [2.45, 2.75) is 25.9 Å². The van der Waals surface area contributed by atoms with E-state index in [1.807, 2.05) is 19.1 Å². The molecule has 1 fully saturated rings. The first kappa shape index (κ1) is 12.0. The number of halogens is 2. The van der Waals surface area contributed by atoms with Crippen LogP contribution in [0, 0.1) is 6.92 Å². The molecule has 1 atom stereocenters. The minimum Gasteiger partial charge on any atom is -0.381 e. The highest BCUT2D eigenvalue weighted by Crippen LogP contribution is 2.29. The second-order valence-electron chi connectivity index (χ2n) is 4.10. The Morgan fingerprint density at radius 3 is 2.88 bits per heavy atom. The summed E-state index contributed by atoms with van der Waals surface area (Å²) in [6.07, 6.45) is 2.56. The lowest BCUT2D eigenvalue weighted by molar-refractivity contribution is 0.120. The maximum Gasteiger partial charge on any atom is 0.0748 e. The Hall–Kier alpha value is -0.440. The van der Waals surface area contributed by atoms with E-state index in [9.17, 15) is 0 Å². The normalized spacial score (nSPS) is 20.1. The Kier molecular flexibility index (Phi) is 3.95. The Morgan fingerprint density at radius 2 is 2.19 bits per heavy atom. The third-order valence-electron chi connectivity index (χ3n) is 2.79. The standard InChI is InChI=1S/C12H15Cl2NO/c1-8-5-11(14)12(6-10(8)13)15-7-9-3-2-4-16-9/h5-6,9,15H,2-4,7H2,1H3. The van der Waals surface area contributed by atoms with Gasteiger partial charge in [-0.1, -0.05) is 23.2 Å². The van der Waals surface area contributed by atoms with Crippen LogP contribution >= 0.6 is 23.2 Å². The van der Waals surface area contributed by atoms with Crippen molar-refractivity contribution in [3.8, 4) is 0 Å². The molecule has 0 spiro atoms. The molecule has 0 bridgehead atoms. The Bertz CT molecular complexity index is 376. The van der Waals surface area contributed by atoms with Crippen LogP contribution in [0.1, 0.15) is 18.4 Å². The van der Waals surface area contributed by atoms with Crippen molar-refractivity contribution in [2.75, 3.05) is 18.5 Å². The van der Waals surface area contributed by atoms with Crippen LogP contribution in [0.25, 0.3) is 0 Å². The monoisotopic (exact) mass is 259 g/mol. The van der Waals surface area contributed by atoms with Crippen molar-refractivity contribution in [1.29, 1.82) is 0 Å². The molecule has 0 aromatic heterocycles. The van der Waals surface area contributed by atoms with Crippen molar-refractivity contribution >= 4 is 28.9 Å². The van der Waals surface area contributed by atoms with Crippen LogP contribution in [0.2, 0.25) is 10.0 Å². The van der Waals surface area contributed by atoms with E-state index in [-0.39, 0.29) is 0 Å². The first-order chi connectivity index (χ1) is 7.66. The van der Waals surface area contributed by atoms with E-state index < -0.39 is 0 Å². The van der Waals surface area contributed by atoms with Gasteiger partial charge in [0.1, 0.15) is 0 Å². The maximum absolute atomic E-state index is 6.12. The van der Waals surface area contributed by atoms with Gasteiger partial charge < -0.3 is 10.1 Å². The fourth-order valence-corrected chi connectivity index (χ4v) is 2.26. The molecule has 4 heteroatoms. The number of hydrogen-bond donors (Lipinski definition) is 1. The van der Waals surface area contributed by atoms with Gasteiger partial charge in [0, 0.05) is 18.2 Å². The number of ether oxygens (including phenoxy) is 1. The second-order valence-corrected chi connectivity index (χ2v) is 4.91. The molecule has 1 saturated heterocycles. The zero-order chi connectivity index (χ0) is 11.5. The Labute approximate surface area is 106 Å². The van der Waals surface area contributed by atoms with Gasteiger partial charge in [-0.05, 0) is 37.5 Å². The lowest BCUT2D eigenvalue weighted by atomic mass is 10.2. The summed E-state index contributed by atoms with van der Waals surface area (Å²) in [5.74, 6) is 0. The average molecular weight is 260 g/mol. The summed E-state index contributed by atoms with van der Waals surface area (Å²) in [5.41, 5.74) is 1.88. The van der Waals surface area contributed by atoms with E-state index in [1.165, 1.54) is 0 Å². The van der Waals surface area contributed by atoms with Gasteiger partial charge in [-0.3, -0.25) is 0 Å². The van der Waals surface area contributed by atoms with Crippen molar-refractivity contribution in [3.05, 3.63) is 27.7 Å². The Balaban J connectivity index is 2.00. The topological polar surface area (TPSA) is 21.3 Å². The summed E-state index contributed by atoms with van der Waals surface area (Å²) in [5, 5.41) is 4.73. The van der Waals surface area contributed by atoms with Crippen molar-refractivity contribution < 1.29 is 4.74 Å². The zero-order valence-electron chi connectivity index (χ0n) is 9.22. The number of benzene rings is 1. The van der Waals surface area contributed by atoms with E-state index in [1.54, 1.807) is 0 Å². The molecule has 1 unspecified atom stereocenters.